The van der Waals surface area contributed by atoms with Crippen LogP contribution < -0.4 is 0 Å². The second-order valence-electron chi connectivity index (χ2n) is 4.89. The first kappa shape index (κ1) is 16.1. The Hall–Kier alpha value is -1.92. The molecule has 0 atom stereocenters. The lowest BCUT2D eigenvalue weighted by Crippen LogP contribution is -2.15. The average molecular weight is 283 g/mol. The highest BCUT2D eigenvalue weighted by molar-refractivity contribution is 5.89. The fourth-order valence-electron chi connectivity index (χ4n) is 1.80. The van der Waals surface area contributed by atoms with Crippen molar-refractivity contribution in [2.45, 2.75) is 39.7 Å². The van der Waals surface area contributed by atoms with Crippen LogP contribution in [-0.4, -0.2) is 41.2 Å². The minimum absolute atomic E-state index is 0.0460. The van der Waals surface area contributed by atoms with Crippen molar-refractivity contribution < 1.29 is 19.1 Å². The largest absolute Gasteiger partial charge is 0.469 e. The number of nitrogens with zero attached hydrogens (tertiary/aromatic N) is 3. The molecule has 0 N–H and O–H groups in total. The number of aromatic nitrogens is 3. The van der Waals surface area contributed by atoms with E-state index >= 15 is 0 Å². The van der Waals surface area contributed by atoms with Crippen LogP contribution in [0.1, 0.15) is 42.9 Å². The van der Waals surface area contributed by atoms with Crippen LogP contribution in [0.25, 0.3) is 0 Å². The highest BCUT2D eigenvalue weighted by Gasteiger charge is 2.22. The molecule has 0 aromatic carbocycles. The van der Waals surface area contributed by atoms with E-state index in [0.29, 0.717) is 18.2 Å². The van der Waals surface area contributed by atoms with Gasteiger partial charge >= 0.3 is 11.9 Å². The van der Waals surface area contributed by atoms with Gasteiger partial charge in [0, 0.05) is 6.54 Å². The topological polar surface area (TPSA) is 83.3 Å². The molecule has 20 heavy (non-hydrogen) atoms. The molecule has 0 bridgehead atoms. The van der Waals surface area contributed by atoms with E-state index in [1.54, 1.807) is 4.68 Å². The molecule has 0 saturated carbocycles. The van der Waals surface area contributed by atoms with Crippen molar-refractivity contribution >= 4 is 11.9 Å². The fourth-order valence-corrected chi connectivity index (χ4v) is 1.80. The zero-order valence-corrected chi connectivity index (χ0v) is 12.4. The van der Waals surface area contributed by atoms with Crippen molar-refractivity contribution in [3.05, 3.63) is 11.4 Å². The SMILES string of the molecule is COC(=O)Cc1c(C(=O)OC)nnn1CCCC(C)C. The van der Waals surface area contributed by atoms with Gasteiger partial charge in [-0.15, -0.1) is 5.10 Å². The molecule has 0 unspecified atom stereocenters. The summed E-state index contributed by atoms with van der Waals surface area (Å²) in [5.74, 6) is -0.454. The zero-order valence-electron chi connectivity index (χ0n) is 12.4. The lowest BCUT2D eigenvalue weighted by atomic mass is 10.1. The van der Waals surface area contributed by atoms with Gasteiger partial charge in [0.05, 0.1) is 26.3 Å². The van der Waals surface area contributed by atoms with Crippen LogP contribution in [0.3, 0.4) is 0 Å². The van der Waals surface area contributed by atoms with Crippen LogP contribution in [-0.2, 0) is 27.2 Å². The predicted molar refractivity (Wildman–Crippen MR) is 71.2 cm³/mol. The van der Waals surface area contributed by atoms with Crippen molar-refractivity contribution in [3.8, 4) is 0 Å². The second-order valence-corrected chi connectivity index (χ2v) is 4.89. The summed E-state index contributed by atoms with van der Waals surface area (Å²) >= 11 is 0. The fraction of sp³-hybridized carbons (Fsp3) is 0.692. The predicted octanol–water partition coefficient (Wildman–Crippen LogP) is 1.22. The van der Waals surface area contributed by atoms with Gasteiger partial charge in [-0.25, -0.2) is 9.48 Å². The molecule has 7 nitrogen and oxygen atoms in total. The lowest BCUT2D eigenvalue weighted by Gasteiger charge is -2.08. The molecule has 1 rings (SSSR count). The summed E-state index contributed by atoms with van der Waals surface area (Å²) < 4.78 is 10.8. The standard InChI is InChI=1S/C13H21N3O4/c1-9(2)6-5-7-16-10(8-11(17)19-3)12(14-15-16)13(18)20-4/h9H,5-8H2,1-4H3. The Bertz CT molecular complexity index is 468. The summed E-state index contributed by atoms with van der Waals surface area (Å²) in [7, 11) is 2.56. The minimum atomic E-state index is -0.598. The summed E-state index contributed by atoms with van der Waals surface area (Å²) in [4.78, 5) is 23.0. The number of methoxy groups -OCH3 is 2. The lowest BCUT2D eigenvalue weighted by molar-refractivity contribution is -0.139. The van der Waals surface area contributed by atoms with Crippen molar-refractivity contribution in [1.82, 2.24) is 15.0 Å². The number of aryl methyl sites for hydroxylation is 1. The quantitative estimate of drug-likeness (QED) is 0.700. The van der Waals surface area contributed by atoms with Gasteiger partial charge in [0.25, 0.3) is 0 Å². The Balaban J connectivity index is 2.89. The Morgan fingerprint density at radius 3 is 2.50 bits per heavy atom. The number of ether oxygens (including phenoxy) is 2. The molecule has 1 aromatic heterocycles. The molecular weight excluding hydrogens is 262 g/mol. The van der Waals surface area contributed by atoms with Gasteiger partial charge in [0.15, 0.2) is 5.69 Å². The van der Waals surface area contributed by atoms with E-state index in [2.05, 4.69) is 33.6 Å². The summed E-state index contributed by atoms with van der Waals surface area (Å²) in [5.41, 5.74) is 0.509. The van der Waals surface area contributed by atoms with Crippen LogP contribution in [0.15, 0.2) is 0 Å². The number of hydrogen-bond donors (Lipinski definition) is 0. The maximum atomic E-state index is 11.6. The Kier molecular flexibility index (Phi) is 6.14. The first-order valence-corrected chi connectivity index (χ1v) is 6.57. The zero-order chi connectivity index (χ0) is 15.1. The third-order valence-electron chi connectivity index (χ3n) is 2.91. The number of esters is 2. The van der Waals surface area contributed by atoms with Gasteiger partial charge in [0.1, 0.15) is 0 Å². The van der Waals surface area contributed by atoms with E-state index in [1.807, 2.05) is 0 Å². The molecule has 112 valence electrons. The highest BCUT2D eigenvalue weighted by atomic mass is 16.5. The van der Waals surface area contributed by atoms with Gasteiger partial charge in [-0.3, -0.25) is 4.79 Å². The molecule has 0 aliphatic carbocycles. The maximum Gasteiger partial charge on any atom is 0.360 e. The molecular formula is C13H21N3O4. The molecule has 0 saturated heterocycles. The number of carbonyl (C=O) groups excluding carboxylic acids is 2. The molecule has 0 amide bonds. The molecule has 0 aliphatic rings. The van der Waals surface area contributed by atoms with Gasteiger partial charge in [-0.2, -0.15) is 0 Å². The molecule has 0 radical (unpaired) electrons. The van der Waals surface area contributed by atoms with Crippen LogP contribution >= 0.6 is 0 Å². The van der Waals surface area contributed by atoms with Crippen molar-refractivity contribution in [2.24, 2.45) is 5.92 Å². The average Bonchev–Trinajstić information content (AvgIpc) is 2.80. The number of hydrogen-bond acceptors (Lipinski definition) is 6. The minimum Gasteiger partial charge on any atom is -0.469 e. The molecule has 7 heteroatoms. The van der Waals surface area contributed by atoms with E-state index < -0.39 is 11.9 Å². The smallest absolute Gasteiger partial charge is 0.360 e. The molecule has 0 spiro atoms. The molecule has 0 aliphatic heterocycles. The Morgan fingerprint density at radius 1 is 1.25 bits per heavy atom. The van der Waals surface area contributed by atoms with Crippen LogP contribution in [0, 0.1) is 5.92 Å². The summed E-state index contributed by atoms with van der Waals surface area (Å²) in [6, 6.07) is 0. The highest BCUT2D eigenvalue weighted by Crippen LogP contribution is 2.12. The van der Waals surface area contributed by atoms with Crippen LogP contribution in [0.2, 0.25) is 0 Å². The number of rotatable bonds is 7. The normalized spacial score (nSPS) is 10.7. The third kappa shape index (κ3) is 4.32. The van der Waals surface area contributed by atoms with Gasteiger partial charge in [-0.1, -0.05) is 19.1 Å². The van der Waals surface area contributed by atoms with Gasteiger partial charge in [0.2, 0.25) is 0 Å². The molecule has 1 aromatic rings. The molecule has 0 fully saturated rings. The van der Waals surface area contributed by atoms with E-state index in [0.717, 1.165) is 12.8 Å². The van der Waals surface area contributed by atoms with Gasteiger partial charge < -0.3 is 9.47 Å². The Morgan fingerprint density at radius 2 is 1.95 bits per heavy atom. The third-order valence-corrected chi connectivity index (χ3v) is 2.91. The Labute approximate surface area is 118 Å². The summed E-state index contributed by atoms with van der Waals surface area (Å²) in [6.45, 7) is 4.88. The monoisotopic (exact) mass is 283 g/mol. The first-order chi connectivity index (χ1) is 9.49. The van der Waals surface area contributed by atoms with Crippen LogP contribution in [0.4, 0.5) is 0 Å². The van der Waals surface area contributed by atoms with Crippen molar-refractivity contribution in [3.63, 3.8) is 0 Å². The first-order valence-electron chi connectivity index (χ1n) is 6.57. The van der Waals surface area contributed by atoms with Crippen LogP contribution in [0.5, 0.6) is 0 Å². The van der Waals surface area contributed by atoms with Crippen molar-refractivity contribution in [2.75, 3.05) is 14.2 Å². The van der Waals surface area contributed by atoms with E-state index in [9.17, 15) is 9.59 Å². The van der Waals surface area contributed by atoms with E-state index in [-0.39, 0.29) is 12.1 Å². The van der Waals surface area contributed by atoms with E-state index in [1.165, 1.54) is 14.2 Å². The summed E-state index contributed by atoms with van der Waals surface area (Å²) in [6.07, 6.45) is 1.89. The van der Waals surface area contributed by atoms with E-state index in [4.69, 9.17) is 0 Å². The summed E-state index contributed by atoms with van der Waals surface area (Å²) in [5, 5.41) is 7.73. The second kappa shape index (κ2) is 7.62. The number of carbonyl (C=O) groups is 2. The van der Waals surface area contributed by atoms with Gasteiger partial charge in [-0.05, 0) is 18.8 Å². The molecule has 1 heterocycles. The maximum absolute atomic E-state index is 11.6. The van der Waals surface area contributed by atoms with Crippen molar-refractivity contribution in [1.29, 1.82) is 0 Å².